The van der Waals surface area contributed by atoms with E-state index in [2.05, 4.69) is 39.8 Å². The molecule has 0 aliphatic rings. The number of hydrogen-bond donors (Lipinski definition) is 1. The second-order valence-electron chi connectivity index (χ2n) is 3.30. The minimum absolute atomic E-state index is 0.791. The van der Waals surface area contributed by atoms with Crippen molar-refractivity contribution in [1.29, 1.82) is 0 Å². The Kier molecular flexibility index (Phi) is 3.34. The van der Waals surface area contributed by atoms with Crippen LogP contribution in [0.1, 0.15) is 12.0 Å². The zero-order valence-electron chi connectivity index (χ0n) is 7.69. The molecule has 2 aromatic rings. The van der Waals surface area contributed by atoms with Gasteiger partial charge >= 0.3 is 0 Å². The van der Waals surface area contributed by atoms with Gasteiger partial charge in [0.1, 0.15) is 0 Å². The van der Waals surface area contributed by atoms with E-state index in [1.165, 1.54) is 21.8 Å². The van der Waals surface area contributed by atoms with Crippen LogP contribution in [0.25, 0.3) is 10.9 Å². The van der Waals surface area contributed by atoms with Crippen molar-refractivity contribution in [2.45, 2.75) is 12.8 Å². The fourth-order valence-electron chi connectivity index (χ4n) is 1.62. The Morgan fingerprint density at radius 1 is 1.36 bits per heavy atom. The maximum Gasteiger partial charge on any atom is 0.0471 e. The topological polar surface area (TPSA) is 15.8 Å². The molecule has 2 rings (SSSR count). The fraction of sp³-hybridized carbons (Fsp3) is 0.273. The first-order chi connectivity index (χ1) is 6.81. The van der Waals surface area contributed by atoms with Crippen LogP contribution in [-0.2, 0) is 6.42 Å². The first-order valence-electron chi connectivity index (χ1n) is 4.63. The van der Waals surface area contributed by atoms with Crippen molar-refractivity contribution < 1.29 is 0 Å². The third-order valence-corrected chi connectivity index (χ3v) is 3.31. The van der Waals surface area contributed by atoms with E-state index >= 15 is 0 Å². The van der Waals surface area contributed by atoms with Crippen molar-refractivity contribution in [3.63, 3.8) is 0 Å². The lowest BCUT2D eigenvalue weighted by Crippen LogP contribution is -1.83. The molecule has 3 heteroatoms. The SMILES string of the molecule is Clc1ccc2c(CCCI)c[nH]c2c1. The van der Waals surface area contributed by atoms with Crippen molar-refractivity contribution in [1.82, 2.24) is 4.98 Å². The maximum absolute atomic E-state index is 5.91. The van der Waals surface area contributed by atoms with Gasteiger partial charge in [-0.25, -0.2) is 0 Å². The molecule has 0 atom stereocenters. The van der Waals surface area contributed by atoms with Crippen molar-refractivity contribution in [2.24, 2.45) is 0 Å². The molecular formula is C11H11ClIN. The summed E-state index contributed by atoms with van der Waals surface area (Å²) in [7, 11) is 0. The molecule has 14 heavy (non-hydrogen) atoms. The lowest BCUT2D eigenvalue weighted by atomic mass is 10.1. The number of aryl methyl sites for hydroxylation is 1. The van der Waals surface area contributed by atoms with Crippen LogP contribution in [0.3, 0.4) is 0 Å². The smallest absolute Gasteiger partial charge is 0.0471 e. The summed E-state index contributed by atoms with van der Waals surface area (Å²) in [6.45, 7) is 0. The Bertz CT molecular complexity index is 436. The van der Waals surface area contributed by atoms with Crippen molar-refractivity contribution in [2.75, 3.05) is 4.43 Å². The quantitative estimate of drug-likeness (QED) is 0.645. The Morgan fingerprint density at radius 2 is 2.21 bits per heavy atom. The molecule has 1 aromatic carbocycles. The van der Waals surface area contributed by atoms with Crippen LogP contribution in [0.2, 0.25) is 5.02 Å². The predicted molar refractivity (Wildman–Crippen MR) is 70.5 cm³/mol. The molecular weight excluding hydrogens is 308 g/mol. The number of alkyl halides is 1. The van der Waals surface area contributed by atoms with Crippen molar-refractivity contribution >= 4 is 45.1 Å². The van der Waals surface area contributed by atoms with E-state index in [4.69, 9.17) is 11.6 Å². The molecule has 0 aliphatic carbocycles. The Balaban J connectivity index is 2.37. The summed E-state index contributed by atoms with van der Waals surface area (Å²) in [5, 5.41) is 2.10. The van der Waals surface area contributed by atoms with Gasteiger partial charge in [0.05, 0.1) is 0 Å². The lowest BCUT2D eigenvalue weighted by Gasteiger charge is -1.96. The molecule has 1 nitrogen and oxygen atoms in total. The maximum atomic E-state index is 5.91. The van der Waals surface area contributed by atoms with E-state index in [0.29, 0.717) is 0 Å². The third kappa shape index (κ3) is 2.06. The van der Waals surface area contributed by atoms with E-state index in [1.54, 1.807) is 0 Å². The normalized spacial score (nSPS) is 11.0. The minimum Gasteiger partial charge on any atom is -0.361 e. The molecule has 0 amide bonds. The van der Waals surface area contributed by atoms with E-state index in [9.17, 15) is 0 Å². The van der Waals surface area contributed by atoms with Crippen LogP contribution < -0.4 is 0 Å². The number of rotatable bonds is 3. The molecule has 1 aromatic heterocycles. The summed E-state index contributed by atoms with van der Waals surface area (Å²) in [4.78, 5) is 3.25. The number of fused-ring (bicyclic) bond motifs is 1. The second-order valence-corrected chi connectivity index (χ2v) is 4.81. The molecule has 74 valence electrons. The molecule has 0 fully saturated rings. The predicted octanol–water partition coefficient (Wildman–Crippen LogP) is 4.19. The van der Waals surface area contributed by atoms with E-state index in [0.717, 1.165) is 17.0 Å². The summed E-state index contributed by atoms with van der Waals surface area (Å²) >= 11 is 8.32. The highest BCUT2D eigenvalue weighted by Crippen LogP contribution is 2.22. The standard InChI is InChI=1S/C11H11ClIN/c12-9-3-4-10-8(2-1-5-13)7-14-11(10)6-9/h3-4,6-7,14H,1-2,5H2. The van der Waals surface area contributed by atoms with Gasteiger partial charge in [-0.1, -0.05) is 40.3 Å². The van der Waals surface area contributed by atoms with E-state index < -0.39 is 0 Å². The molecule has 0 bridgehead atoms. The highest BCUT2D eigenvalue weighted by molar-refractivity contribution is 14.1. The molecule has 0 saturated carbocycles. The minimum atomic E-state index is 0.791. The highest BCUT2D eigenvalue weighted by atomic mass is 127. The molecule has 0 radical (unpaired) electrons. The fourth-order valence-corrected chi connectivity index (χ4v) is 2.18. The average Bonchev–Trinajstić information content (AvgIpc) is 2.57. The average molecular weight is 320 g/mol. The van der Waals surface area contributed by atoms with Gasteiger partial charge < -0.3 is 4.98 Å². The van der Waals surface area contributed by atoms with Crippen LogP contribution in [0, 0.1) is 0 Å². The number of aromatic nitrogens is 1. The summed E-state index contributed by atoms with van der Waals surface area (Å²) in [6.07, 6.45) is 4.47. The van der Waals surface area contributed by atoms with Crippen molar-refractivity contribution in [3.8, 4) is 0 Å². The van der Waals surface area contributed by atoms with E-state index in [1.807, 2.05) is 12.1 Å². The van der Waals surface area contributed by atoms with Gasteiger partial charge in [-0.3, -0.25) is 0 Å². The number of nitrogens with one attached hydrogen (secondary N) is 1. The van der Waals surface area contributed by atoms with Gasteiger partial charge in [0, 0.05) is 22.1 Å². The lowest BCUT2D eigenvalue weighted by molar-refractivity contribution is 0.953. The number of H-pyrrole nitrogens is 1. The van der Waals surface area contributed by atoms with Gasteiger partial charge in [-0.15, -0.1) is 0 Å². The van der Waals surface area contributed by atoms with Gasteiger partial charge in [0.15, 0.2) is 0 Å². The zero-order valence-corrected chi connectivity index (χ0v) is 10.6. The largest absolute Gasteiger partial charge is 0.361 e. The molecule has 0 saturated heterocycles. The highest BCUT2D eigenvalue weighted by Gasteiger charge is 2.02. The number of benzene rings is 1. The summed E-state index contributed by atoms with van der Waals surface area (Å²) < 4.78 is 1.21. The molecule has 1 heterocycles. The van der Waals surface area contributed by atoms with Gasteiger partial charge in [-0.05, 0) is 35.0 Å². The zero-order chi connectivity index (χ0) is 9.97. The molecule has 1 N–H and O–H groups in total. The Labute approximate surface area is 102 Å². The summed E-state index contributed by atoms with van der Waals surface area (Å²) in [5.41, 5.74) is 2.54. The second kappa shape index (κ2) is 4.53. The number of aromatic amines is 1. The monoisotopic (exact) mass is 319 g/mol. The van der Waals surface area contributed by atoms with Crippen molar-refractivity contribution in [3.05, 3.63) is 35.0 Å². The number of halogens is 2. The molecule has 0 spiro atoms. The van der Waals surface area contributed by atoms with Gasteiger partial charge in [0.25, 0.3) is 0 Å². The Morgan fingerprint density at radius 3 is 3.00 bits per heavy atom. The van der Waals surface area contributed by atoms with Crippen LogP contribution >= 0.6 is 34.2 Å². The summed E-state index contributed by atoms with van der Waals surface area (Å²) in [6, 6.07) is 6.02. The molecule has 0 unspecified atom stereocenters. The first kappa shape index (κ1) is 10.3. The summed E-state index contributed by atoms with van der Waals surface area (Å²) in [5.74, 6) is 0. The third-order valence-electron chi connectivity index (χ3n) is 2.31. The first-order valence-corrected chi connectivity index (χ1v) is 6.53. The van der Waals surface area contributed by atoms with Crippen LogP contribution in [0.4, 0.5) is 0 Å². The van der Waals surface area contributed by atoms with Gasteiger partial charge in [0.2, 0.25) is 0 Å². The van der Waals surface area contributed by atoms with Crippen LogP contribution in [0.5, 0.6) is 0 Å². The van der Waals surface area contributed by atoms with E-state index in [-0.39, 0.29) is 0 Å². The van der Waals surface area contributed by atoms with Gasteiger partial charge in [-0.2, -0.15) is 0 Å². The Hall–Kier alpha value is -0.220. The number of hydrogen-bond acceptors (Lipinski definition) is 0. The van der Waals surface area contributed by atoms with Crippen LogP contribution in [0.15, 0.2) is 24.4 Å². The molecule has 0 aliphatic heterocycles. The van der Waals surface area contributed by atoms with Crippen LogP contribution in [-0.4, -0.2) is 9.41 Å².